The quantitative estimate of drug-likeness (QED) is 0.121. The smallest absolute Gasteiger partial charge is 0.328 e. The number of carbonyl (C=O) groups excluding carboxylic acids is 1. The van der Waals surface area contributed by atoms with Crippen LogP contribution in [0.25, 0.3) is 22.9 Å². The molecule has 1 atom stereocenters. The Bertz CT molecular complexity index is 1390. The van der Waals surface area contributed by atoms with E-state index in [-0.39, 0.29) is 11.4 Å². The number of anilines is 1. The molecule has 3 aromatic carbocycles. The van der Waals surface area contributed by atoms with E-state index in [1.54, 1.807) is 0 Å². The molecule has 0 spiro atoms. The fraction of sp³-hybridized carbons (Fsp3) is 0.400. The van der Waals surface area contributed by atoms with Crippen LogP contribution in [0.4, 0.5) is 5.69 Å². The monoisotopic (exact) mass is 569 g/mol. The van der Waals surface area contributed by atoms with Crippen LogP contribution < -0.4 is 10.1 Å². The molecular formula is C35H43N3O4. The molecule has 1 N–H and O–H groups in total. The molecule has 0 fully saturated rings. The van der Waals surface area contributed by atoms with Gasteiger partial charge in [-0.2, -0.15) is 0 Å². The van der Waals surface area contributed by atoms with E-state index < -0.39 is 6.04 Å². The van der Waals surface area contributed by atoms with Crippen LogP contribution in [0.1, 0.15) is 70.9 Å². The Hall–Kier alpha value is -4.13. The van der Waals surface area contributed by atoms with E-state index in [0.717, 1.165) is 41.2 Å². The molecule has 222 valence electrons. The fourth-order valence-electron chi connectivity index (χ4n) is 4.67. The van der Waals surface area contributed by atoms with Gasteiger partial charge in [0, 0.05) is 23.2 Å². The predicted molar refractivity (Wildman–Crippen MR) is 168 cm³/mol. The fourth-order valence-corrected chi connectivity index (χ4v) is 4.67. The Balaban J connectivity index is 1.35. The lowest BCUT2D eigenvalue weighted by atomic mass is 9.87. The molecule has 7 heteroatoms. The third-order valence-corrected chi connectivity index (χ3v) is 7.26. The van der Waals surface area contributed by atoms with Crippen molar-refractivity contribution in [3.63, 3.8) is 0 Å². The Morgan fingerprint density at radius 2 is 1.43 bits per heavy atom. The molecule has 7 nitrogen and oxygen atoms in total. The minimum atomic E-state index is -0.524. The molecule has 0 aliphatic heterocycles. The molecule has 0 amide bonds. The molecule has 1 aromatic heterocycles. The van der Waals surface area contributed by atoms with Gasteiger partial charge in [-0.05, 0) is 71.5 Å². The van der Waals surface area contributed by atoms with Crippen molar-refractivity contribution < 1.29 is 18.7 Å². The van der Waals surface area contributed by atoms with Crippen LogP contribution in [0.15, 0.2) is 77.2 Å². The Kier molecular flexibility index (Phi) is 10.8. The molecule has 4 aromatic rings. The number of methoxy groups -OCH3 is 1. The van der Waals surface area contributed by atoms with Crippen molar-refractivity contribution in [1.29, 1.82) is 0 Å². The second-order valence-corrected chi connectivity index (χ2v) is 11.6. The number of nitrogens with one attached hydrogen (secondary N) is 1. The number of ether oxygens (including phenoxy) is 2. The highest BCUT2D eigenvalue weighted by molar-refractivity contribution is 5.79. The van der Waals surface area contributed by atoms with Crippen LogP contribution in [0.5, 0.6) is 5.75 Å². The van der Waals surface area contributed by atoms with E-state index in [9.17, 15) is 4.79 Å². The van der Waals surface area contributed by atoms with Crippen molar-refractivity contribution in [2.45, 2.75) is 77.7 Å². The highest BCUT2D eigenvalue weighted by Crippen LogP contribution is 2.27. The second-order valence-electron chi connectivity index (χ2n) is 11.6. The predicted octanol–water partition coefficient (Wildman–Crippen LogP) is 8.25. The largest absolute Gasteiger partial charge is 0.494 e. The third kappa shape index (κ3) is 8.68. The van der Waals surface area contributed by atoms with Crippen LogP contribution >= 0.6 is 0 Å². The van der Waals surface area contributed by atoms with Crippen molar-refractivity contribution in [3.05, 3.63) is 83.9 Å². The minimum Gasteiger partial charge on any atom is -0.494 e. The zero-order chi connectivity index (χ0) is 30.0. The van der Waals surface area contributed by atoms with Gasteiger partial charge in [0.15, 0.2) is 0 Å². The van der Waals surface area contributed by atoms with Crippen LogP contribution in [0.2, 0.25) is 0 Å². The number of esters is 1. The highest BCUT2D eigenvalue weighted by atomic mass is 16.5. The van der Waals surface area contributed by atoms with Crippen LogP contribution in [-0.2, 0) is 21.4 Å². The Morgan fingerprint density at radius 1 is 0.833 bits per heavy atom. The SMILES string of the molecule is CCCCCCCOc1ccc(-c2nnc(-c3ccc(CC(Nc4ccc(C(C)(C)C)cc4)C(=O)OC)cc3)o2)cc1. The number of hydrogen-bond donors (Lipinski definition) is 1. The van der Waals surface area contributed by atoms with Crippen molar-refractivity contribution >= 4 is 11.7 Å². The molecule has 0 aliphatic rings. The van der Waals surface area contributed by atoms with Crippen molar-refractivity contribution in [1.82, 2.24) is 10.2 Å². The summed E-state index contributed by atoms with van der Waals surface area (Å²) in [6.45, 7) is 9.48. The van der Waals surface area contributed by atoms with Gasteiger partial charge in [-0.1, -0.05) is 77.6 Å². The molecule has 0 saturated carbocycles. The zero-order valence-electron chi connectivity index (χ0n) is 25.5. The third-order valence-electron chi connectivity index (χ3n) is 7.26. The molecule has 1 unspecified atom stereocenters. The van der Waals surface area contributed by atoms with E-state index in [2.05, 4.69) is 55.3 Å². The first-order valence-corrected chi connectivity index (χ1v) is 14.9. The van der Waals surface area contributed by atoms with Gasteiger partial charge in [0.1, 0.15) is 11.8 Å². The van der Waals surface area contributed by atoms with Gasteiger partial charge in [-0.15, -0.1) is 10.2 Å². The van der Waals surface area contributed by atoms with Crippen LogP contribution in [0, 0.1) is 0 Å². The zero-order valence-corrected chi connectivity index (χ0v) is 25.5. The maximum atomic E-state index is 12.6. The maximum Gasteiger partial charge on any atom is 0.328 e. The summed E-state index contributed by atoms with van der Waals surface area (Å²) in [4.78, 5) is 12.6. The summed E-state index contributed by atoms with van der Waals surface area (Å²) in [6.07, 6.45) is 6.53. The van der Waals surface area contributed by atoms with Crippen LogP contribution in [-0.4, -0.2) is 35.9 Å². The van der Waals surface area contributed by atoms with Crippen molar-refractivity contribution in [2.24, 2.45) is 0 Å². The first-order valence-electron chi connectivity index (χ1n) is 14.9. The van der Waals surface area contributed by atoms with Gasteiger partial charge >= 0.3 is 5.97 Å². The second kappa shape index (κ2) is 14.7. The van der Waals surface area contributed by atoms with Crippen molar-refractivity contribution in [2.75, 3.05) is 19.0 Å². The number of rotatable bonds is 14. The van der Waals surface area contributed by atoms with E-state index in [4.69, 9.17) is 13.9 Å². The topological polar surface area (TPSA) is 86.5 Å². The summed E-state index contributed by atoms with van der Waals surface area (Å²) in [5.41, 5.74) is 4.79. The average Bonchev–Trinajstić information content (AvgIpc) is 3.49. The first kappa shape index (κ1) is 30.8. The molecule has 0 radical (unpaired) electrons. The molecule has 0 bridgehead atoms. The van der Waals surface area contributed by atoms with Crippen molar-refractivity contribution in [3.8, 4) is 28.7 Å². The van der Waals surface area contributed by atoms with E-state index in [1.807, 2.05) is 60.7 Å². The number of aromatic nitrogens is 2. The summed E-state index contributed by atoms with van der Waals surface area (Å²) in [7, 11) is 1.41. The number of benzene rings is 3. The lowest BCUT2D eigenvalue weighted by Crippen LogP contribution is -2.32. The summed E-state index contributed by atoms with van der Waals surface area (Å²) < 4.78 is 16.9. The molecular weight excluding hydrogens is 526 g/mol. The summed E-state index contributed by atoms with van der Waals surface area (Å²) in [6, 6.07) is 23.2. The Morgan fingerprint density at radius 3 is 2.00 bits per heavy atom. The van der Waals surface area contributed by atoms with Gasteiger partial charge in [0.05, 0.1) is 13.7 Å². The minimum absolute atomic E-state index is 0.0632. The van der Waals surface area contributed by atoms with Gasteiger partial charge in [-0.3, -0.25) is 0 Å². The average molecular weight is 570 g/mol. The van der Waals surface area contributed by atoms with E-state index >= 15 is 0 Å². The van der Waals surface area contributed by atoms with Gasteiger partial charge in [0.25, 0.3) is 0 Å². The van der Waals surface area contributed by atoms with E-state index in [1.165, 1.54) is 38.4 Å². The highest BCUT2D eigenvalue weighted by Gasteiger charge is 2.21. The molecule has 1 heterocycles. The first-order chi connectivity index (χ1) is 20.3. The normalized spacial score (nSPS) is 12.1. The standard InChI is InChI=1S/C35H43N3O4/c1-6-7-8-9-10-23-41-30-21-15-27(16-22-30)33-38-37-32(42-33)26-13-11-25(12-14-26)24-31(34(39)40-5)36-29-19-17-28(18-20-29)35(2,3)4/h11-22,31,36H,6-10,23-24H2,1-5H3. The summed E-state index contributed by atoms with van der Waals surface area (Å²) in [5.74, 6) is 1.41. The summed E-state index contributed by atoms with van der Waals surface area (Å²) in [5, 5.41) is 11.8. The molecule has 42 heavy (non-hydrogen) atoms. The maximum absolute atomic E-state index is 12.6. The molecule has 0 saturated heterocycles. The number of hydrogen-bond acceptors (Lipinski definition) is 7. The number of nitrogens with zero attached hydrogens (tertiary/aromatic N) is 2. The summed E-state index contributed by atoms with van der Waals surface area (Å²) >= 11 is 0. The number of unbranched alkanes of at least 4 members (excludes halogenated alkanes) is 4. The van der Waals surface area contributed by atoms with Gasteiger partial charge < -0.3 is 19.2 Å². The van der Waals surface area contributed by atoms with Crippen LogP contribution in [0.3, 0.4) is 0 Å². The van der Waals surface area contributed by atoms with Gasteiger partial charge in [0.2, 0.25) is 11.8 Å². The number of carbonyl (C=O) groups is 1. The lowest BCUT2D eigenvalue weighted by Gasteiger charge is -2.21. The van der Waals surface area contributed by atoms with Gasteiger partial charge in [-0.25, -0.2) is 4.79 Å². The van der Waals surface area contributed by atoms with E-state index in [0.29, 0.717) is 18.2 Å². The lowest BCUT2D eigenvalue weighted by molar-refractivity contribution is -0.141. The molecule has 0 aliphatic carbocycles. The molecule has 4 rings (SSSR count). The Labute approximate surface area is 249 Å².